The fourth-order valence-corrected chi connectivity index (χ4v) is 8.35. The third-order valence-electron chi connectivity index (χ3n) is 9.35. The minimum Gasteiger partial charge on any atom is -0.371 e. The van der Waals surface area contributed by atoms with Crippen LogP contribution in [0.25, 0.3) is 11.8 Å². The quantitative estimate of drug-likeness (QED) is 0.170. The van der Waals surface area contributed by atoms with Crippen LogP contribution in [0.4, 0.5) is 5.69 Å². The lowest BCUT2D eigenvalue weighted by atomic mass is 9.98. The number of likely N-dealkylation sites (N-methyl/N-ethyl adjacent to an activating group) is 1. The van der Waals surface area contributed by atoms with Gasteiger partial charge in [-0.2, -0.15) is 5.10 Å². The number of carbonyl (C=O) groups excluding carboxylic acids is 3. The average Bonchev–Trinajstić information content (AvgIpc) is 3.64. The van der Waals surface area contributed by atoms with E-state index in [-0.39, 0.29) is 38.4 Å². The molecule has 0 radical (unpaired) electrons. The van der Waals surface area contributed by atoms with Crippen molar-refractivity contribution < 1.29 is 22.8 Å². The Labute approximate surface area is 292 Å². The lowest BCUT2D eigenvalue weighted by Crippen LogP contribution is -2.36. The first-order valence-corrected chi connectivity index (χ1v) is 18.6. The van der Waals surface area contributed by atoms with Crippen molar-refractivity contribution in [3.63, 3.8) is 0 Å². The summed E-state index contributed by atoms with van der Waals surface area (Å²) >= 11 is 6.48. The zero-order valence-electron chi connectivity index (χ0n) is 28.1. The first kappa shape index (κ1) is 34.3. The Balaban J connectivity index is 1.40. The van der Waals surface area contributed by atoms with Gasteiger partial charge in [0.05, 0.1) is 26.9 Å². The molecular weight excluding hydrogens is 660 g/mol. The molecule has 2 aliphatic heterocycles. The van der Waals surface area contributed by atoms with Crippen LogP contribution < -0.4 is 4.90 Å². The number of aromatic nitrogens is 2. The van der Waals surface area contributed by atoms with E-state index in [0.29, 0.717) is 36.5 Å². The number of benzene rings is 3. The van der Waals surface area contributed by atoms with Crippen molar-refractivity contribution in [1.82, 2.24) is 14.7 Å². The number of rotatable bonds is 10. The maximum Gasteiger partial charge on any atom is 0.256 e. The second-order valence-corrected chi connectivity index (χ2v) is 14.9. The van der Waals surface area contributed by atoms with Crippen LogP contribution in [-0.2, 0) is 29.2 Å². The van der Waals surface area contributed by atoms with Gasteiger partial charge in [0, 0.05) is 44.4 Å². The van der Waals surface area contributed by atoms with Crippen molar-refractivity contribution >= 4 is 50.7 Å². The molecule has 0 N–H and O–H groups in total. The van der Waals surface area contributed by atoms with Gasteiger partial charge in [0.25, 0.3) is 5.91 Å². The third-order valence-corrected chi connectivity index (χ3v) is 11.5. The fraction of sp³-hybridized carbons (Fsp3) is 0.316. The van der Waals surface area contributed by atoms with Gasteiger partial charge < -0.3 is 9.80 Å². The number of anilines is 1. The molecular formula is C38H39ClN4O5S. The molecule has 0 aliphatic carbocycles. The first-order valence-electron chi connectivity index (χ1n) is 16.5. The van der Waals surface area contributed by atoms with Crippen LogP contribution in [-0.4, -0.2) is 66.0 Å². The molecule has 254 valence electrons. The van der Waals surface area contributed by atoms with Crippen LogP contribution >= 0.6 is 11.6 Å². The number of hydrogen-bond donors (Lipinski definition) is 0. The van der Waals surface area contributed by atoms with E-state index in [1.807, 2.05) is 50.3 Å². The highest BCUT2D eigenvalue weighted by atomic mass is 35.5. The van der Waals surface area contributed by atoms with Crippen molar-refractivity contribution in [2.45, 2.75) is 58.4 Å². The largest absolute Gasteiger partial charge is 0.371 e. The number of sulfone groups is 1. The van der Waals surface area contributed by atoms with Crippen LogP contribution in [0, 0.1) is 6.92 Å². The van der Waals surface area contributed by atoms with Crippen molar-refractivity contribution in [3.05, 3.63) is 110 Å². The molecule has 1 amide bonds. The van der Waals surface area contributed by atoms with Gasteiger partial charge in [0.1, 0.15) is 11.4 Å². The fourth-order valence-electron chi connectivity index (χ4n) is 6.66. The van der Waals surface area contributed by atoms with Gasteiger partial charge in [-0.3, -0.25) is 14.4 Å². The maximum absolute atomic E-state index is 14.3. The predicted molar refractivity (Wildman–Crippen MR) is 192 cm³/mol. The van der Waals surface area contributed by atoms with Crippen molar-refractivity contribution in [3.8, 4) is 5.69 Å². The van der Waals surface area contributed by atoms with Crippen LogP contribution in [0.1, 0.15) is 86.3 Å². The molecule has 0 atom stereocenters. The van der Waals surface area contributed by atoms with E-state index in [0.717, 1.165) is 42.7 Å². The number of Topliss-reactive ketones (excluding diaryl/α,β-unsaturated/α-hetero) is 2. The molecule has 1 aromatic heterocycles. The summed E-state index contributed by atoms with van der Waals surface area (Å²) in [6.45, 7) is 9.46. The molecule has 11 heteroatoms. The van der Waals surface area contributed by atoms with Crippen molar-refractivity contribution in [2.24, 2.45) is 0 Å². The van der Waals surface area contributed by atoms with Gasteiger partial charge in [0.15, 0.2) is 21.4 Å². The number of hydrogen-bond acceptors (Lipinski definition) is 7. The van der Waals surface area contributed by atoms with Crippen molar-refractivity contribution in [1.29, 1.82) is 0 Å². The predicted octanol–water partition coefficient (Wildman–Crippen LogP) is 6.70. The second-order valence-electron chi connectivity index (χ2n) is 12.5. The lowest BCUT2D eigenvalue weighted by molar-refractivity contribution is 0.0734. The van der Waals surface area contributed by atoms with Gasteiger partial charge in [-0.25, -0.2) is 13.1 Å². The average molecular weight is 699 g/mol. The molecule has 6 rings (SSSR count). The van der Waals surface area contributed by atoms with E-state index in [4.69, 9.17) is 11.6 Å². The number of nitrogens with zero attached hydrogens (tertiary/aromatic N) is 4. The number of carbonyl (C=O) groups is 3. The van der Waals surface area contributed by atoms with E-state index in [1.165, 1.54) is 29.3 Å². The zero-order valence-corrected chi connectivity index (χ0v) is 29.7. The molecule has 0 bridgehead atoms. The summed E-state index contributed by atoms with van der Waals surface area (Å²) in [5.41, 5.74) is 5.82. The summed E-state index contributed by atoms with van der Waals surface area (Å²) in [4.78, 5) is 44.4. The molecule has 0 fully saturated rings. The molecule has 0 saturated carbocycles. The lowest BCUT2D eigenvalue weighted by Gasteiger charge is -2.29. The summed E-state index contributed by atoms with van der Waals surface area (Å²) in [6, 6.07) is 16.1. The Bertz CT molecular complexity index is 2140. The minimum absolute atomic E-state index is 0.0691. The molecule has 9 nitrogen and oxygen atoms in total. The Morgan fingerprint density at radius 2 is 1.67 bits per heavy atom. The molecule has 4 aromatic rings. The highest BCUT2D eigenvalue weighted by Crippen LogP contribution is 2.35. The van der Waals surface area contributed by atoms with Gasteiger partial charge in [0.2, 0.25) is 0 Å². The summed E-state index contributed by atoms with van der Waals surface area (Å²) in [5, 5.41) is 4.60. The van der Waals surface area contributed by atoms with Gasteiger partial charge in [-0.15, -0.1) is 0 Å². The highest BCUT2D eigenvalue weighted by molar-refractivity contribution is 7.92. The van der Waals surface area contributed by atoms with E-state index >= 15 is 0 Å². The Morgan fingerprint density at radius 1 is 0.939 bits per heavy atom. The van der Waals surface area contributed by atoms with Crippen molar-refractivity contribution in [2.75, 3.05) is 30.3 Å². The Hall–Kier alpha value is -4.54. The summed E-state index contributed by atoms with van der Waals surface area (Å²) in [7, 11) is -4.09. The van der Waals surface area contributed by atoms with E-state index in [2.05, 4.69) is 10.00 Å². The van der Waals surface area contributed by atoms with Gasteiger partial charge in [-0.05, 0) is 85.7 Å². The third kappa shape index (κ3) is 6.59. The number of halogens is 1. The normalized spacial score (nSPS) is 14.3. The summed E-state index contributed by atoms with van der Waals surface area (Å²) < 4.78 is 29.4. The monoisotopic (exact) mass is 698 g/mol. The molecule has 0 spiro atoms. The zero-order chi connectivity index (χ0) is 35.0. The molecule has 0 saturated heterocycles. The molecule has 3 aromatic carbocycles. The van der Waals surface area contributed by atoms with Gasteiger partial charge >= 0.3 is 0 Å². The topological polar surface area (TPSA) is 110 Å². The summed E-state index contributed by atoms with van der Waals surface area (Å²) in [5.74, 6) is -2.08. The number of ketones is 2. The van der Waals surface area contributed by atoms with Crippen LogP contribution in [0.3, 0.4) is 0 Å². The van der Waals surface area contributed by atoms with E-state index < -0.39 is 21.4 Å². The molecule has 0 unspecified atom stereocenters. The smallest absolute Gasteiger partial charge is 0.256 e. The van der Waals surface area contributed by atoms with E-state index in [1.54, 1.807) is 30.0 Å². The minimum atomic E-state index is -4.09. The molecule has 49 heavy (non-hydrogen) atoms. The molecule has 3 heterocycles. The Morgan fingerprint density at radius 3 is 2.37 bits per heavy atom. The summed E-state index contributed by atoms with van der Waals surface area (Å²) in [6.07, 6.45) is 5.95. The molecule has 2 aliphatic rings. The Kier molecular flexibility index (Phi) is 9.64. The van der Waals surface area contributed by atoms with E-state index in [9.17, 15) is 22.8 Å². The maximum atomic E-state index is 14.3. The van der Waals surface area contributed by atoms with Gasteiger partial charge in [-0.1, -0.05) is 54.9 Å². The van der Waals surface area contributed by atoms with Crippen LogP contribution in [0.2, 0.25) is 5.02 Å². The second kappa shape index (κ2) is 13.8. The standard InChI is InChI=1S/C38H39ClN4O5S/c1-5-7-10-29-19-27-16-17-41(6-2)33(27)21-35(29)49(47,48)23-34(45)28-13-14-32(43-24(3)36(39)37(40-43)25(4)44)31(20-28)38(46)42-18-15-26-11-8-9-12-30(26)22-42/h7-14,19-21H,5-6,15-18,22-23H2,1-4H3/b10-7+. The number of fused-ring (bicyclic) bond motifs is 2. The van der Waals surface area contributed by atoms with Crippen LogP contribution in [0.15, 0.2) is 65.6 Å². The first-order chi connectivity index (χ1) is 23.4. The van der Waals surface area contributed by atoms with Crippen LogP contribution in [0.5, 0.6) is 0 Å². The highest BCUT2D eigenvalue weighted by Gasteiger charge is 2.30. The number of amides is 1. The number of allylic oxidation sites excluding steroid dienone is 1. The SMILES string of the molecule is CC/C=C/c1cc2c(cc1S(=O)(=O)CC(=O)c1ccc(-n3nc(C(C)=O)c(Cl)c3C)c(C(=O)N3CCc4ccccc4C3)c1)N(CC)CC2.